The second kappa shape index (κ2) is 8.15. The van der Waals surface area contributed by atoms with Crippen LogP contribution in [0.5, 0.6) is 5.88 Å². The lowest BCUT2D eigenvalue weighted by atomic mass is 9.85. The maximum atomic E-state index is 13.4. The zero-order valence-electron chi connectivity index (χ0n) is 18.7. The number of H-pyrrole nitrogens is 1. The molecule has 9 nitrogen and oxygen atoms in total. The molecule has 5 rings (SSSR count). The van der Waals surface area contributed by atoms with E-state index in [0.717, 1.165) is 34.3 Å². The van der Waals surface area contributed by atoms with E-state index < -0.39 is 11.4 Å². The van der Waals surface area contributed by atoms with Gasteiger partial charge >= 0.3 is 5.97 Å². The average Bonchev–Trinajstić information content (AvgIpc) is 3.46. The third-order valence-corrected chi connectivity index (χ3v) is 6.53. The van der Waals surface area contributed by atoms with Gasteiger partial charge < -0.3 is 14.7 Å². The van der Waals surface area contributed by atoms with Crippen LogP contribution in [0.3, 0.4) is 0 Å². The Kier molecular flexibility index (Phi) is 5.28. The summed E-state index contributed by atoms with van der Waals surface area (Å²) < 4.78 is 5.63. The van der Waals surface area contributed by atoms with Gasteiger partial charge in [0.05, 0.1) is 23.6 Å². The van der Waals surface area contributed by atoms with Gasteiger partial charge in [0.1, 0.15) is 5.69 Å². The van der Waals surface area contributed by atoms with Gasteiger partial charge in [0, 0.05) is 42.0 Å². The minimum atomic E-state index is -0.856. The zero-order valence-corrected chi connectivity index (χ0v) is 18.7. The first-order chi connectivity index (χ1) is 15.8. The SMILES string of the molecule is CC(C)Oc1ccc(-c2n[nH]c3ccc(N4CCC5(CCN(CC(=O)O)C5)C4=O)cc23)cn1. The lowest BCUT2D eigenvalue weighted by molar-refractivity contribution is -0.138. The lowest BCUT2D eigenvalue weighted by Gasteiger charge is -2.23. The summed E-state index contributed by atoms with van der Waals surface area (Å²) in [5, 5.41) is 17.6. The topological polar surface area (TPSA) is 112 Å². The molecule has 2 aromatic heterocycles. The molecule has 1 amide bonds. The fraction of sp³-hybridized carbons (Fsp3) is 0.417. The predicted octanol–water partition coefficient (Wildman–Crippen LogP) is 2.93. The molecule has 33 heavy (non-hydrogen) atoms. The zero-order chi connectivity index (χ0) is 23.2. The summed E-state index contributed by atoms with van der Waals surface area (Å²) in [6, 6.07) is 9.63. The van der Waals surface area contributed by atoms with E-state index in [0.29, 0.717) is 31.9 Å². The Morgan fingerprint density at radius 1 is 1.24 bits per heavy atom. The van der Waals surface area contributed by atoms with Crippen molar-refractivity contribution in [2.45, 2.75) is 32.8 Å². The number of nitrogens with zero attached hydrogens (tertiary/aromatic N) is 4. The molecule has 0 aliphatic carbocycles. The highest BCUT2D eigenvalue weighted by molar-refractivity contribution is 6.03. The monoisotopic (exact) mass is 449 g/mol. The molecule has 2 N–H and O–H groups in total. The quantitative estimate of drug-likeness (QED) is 0.595. The van der Waals surface area contributed by atoms with Gasteiger partial charge in [0.2, 0.25) is 11.8 Å². The summed E-state index contributed by atoms with van der Waals surface area (Å²) in [6.45, 7) is 5.66. The Balaban J connectivity index is 1.40. The van der Waals surface area contributed by atoms with Gasteiger partial charge in [-0.25, -0.2) is 4.98 Å². The molecule has 0 radical (unpaired) electrons. The highest BCUT2D eigenvalue weighted by Crippen LogP contribution is 2.43. The van der Waals surface area contributed by atoms with Crippen molar-refractivity contribution in [2.24, 2.45) is 5.41 Å². The van der Waals surface area contributed by atoms with Gasteiger partial charge in [-0.05, 0) is 57.5 Å². The summed E-state index contributed by atoms with van der Waals surface area (Å²) in [6.07, 6.45) is 3.23. The molecule has 0 bridgehead atoms. The first kappa shape index (κ1) is 21.4. The summed E-state index contributed by atoms with van der Waals surface area (Å²) in [5.74, 6) is -0.210. The number of ether oxygens (including phenoxy) is 1. The highest BCUT2D eigenvalue weighted by Gasteiger charge is 2.51. The minimum absolute atomic E-state index is 0.0194. The van der Waals surface area contributed by atoms with Crippen LogP contribution in [-0.4, -0.2) is 69.3 Å². The van der Waals surface area contributed by atoms with E-state index in [1.807, 2.05) is 54.0 Å². The Labute approximate surface area is 191 Å². The molecule has 2 fully saturated rings. The maximum absolute atomic E-state index is 13.4. The molecule has 1 aromatic carbocycles. The van der Waals surface area contributed by atoms with Crippen molar-refractivity contribution in [3.63, 3.8) is 0 Å². The van der Waals surface area contributed by atoms with Crippen molar-refractivity contribution < 1.29 is 19.4 Å². The second-order valence-corrected chi connectivity index (χ2v) is 9.20. The number of hydrogen-bond donors (Lipinski definition) is 2. The molecule has 172 valence electrons. The molecule has 4 heterocycles. The number of amides is 1. The van der Waals surface area contributed by atoms with Crippen LogP contribution >= 0.6 is 0 Å². The van der Waals surface area contributed by atoms with Crippen LogP contribution in [0.25, 0.3) is 22.2 Å². The average molecular weight is 450 g/mol. The number of benzene rings is 1. The number of carbonyl (C=O) groups is 2. The van der Waals surface area contributed by atoms with Gasteiger partial charge in [-0.3, -0.25) is 19.6 Å². The predicted molar refractivity (Wildman–Crippen MR) is 123 cm³/mol. The van der Waals surface area contributed by atoms with Crippen LogP contribution in [-0.2, 0) is 9.59 Å². The number of anilines is 1. The minimum Gasteiger partial charge on any atom is -0.480 e. The normalized spacial score (nSPS) is 21.1. The molecule has 2 saturated heterocycles. The number of carboxylic acids is 1. The number of pyridine rings is 1. The van der Waals surface area contributed by atoms with Crippen LogP contribution in [0.1, 0.15) is 26.7 Å². The van der Waals surface area contributed by atoms with Crippen molar-refractivity contribution >= 4 is 28.5 Å². The van der Waals surface area contributed by atoms with Gasteiger partial charge in [-0.1, -0.05) is 0 Å². The summed E-state index contributed by atoms with van der Waals surface area (Å²) in [7, 11) is 0. The van der Waals surface area contributed by atoms with E-state index in [1.165, 1.54) is 0 Å². The summed E-state index contributed by atoms with van der Waals surface area (Å²) in [4.78, 5) is 32.6. The molecule has 1 atom stereocenters. The fourth-order valence-corrected chi connectivity index (χ4v) is 4.95. The van der Waals surface area contributed by atoms with Crippen LogP contribution < -0.4 is 9.64 Å². The van der Waals surface area contributed by atoms with E-state index >= 15 is 0 Å². The first-order valence-corrected chi connectivity index (χ1v) is 11.2. The Hall–Kier alpha value is -3.46. The molecule has 2 aliphatic rings. The van der Waals surface area contributed by atoms with Crippen molar-refractivity contribution in [3.05, 3.63) is 36.5 Å². The van der Waals surface area contributed by atoms with Crippen LogP contribution in [0.2, 0.25) is 0 Å². The lowest BCUT2D eigenvalue weighted by Crippen LogP contribution is -2.38. The Bertz CT molecular complexity index is 1210. The van der Waals surface area contributed by atoms with Gasteiger partial charge in [0.15, 0.2) is 0 Å². The molecule has 0 saturated carbocycles. The van der Waals surface area contributed by atoms with Crippen molar-refractivity contribution in [2.75, 3.05) is 31.1 Å². The number of aromatic nitrogens is 3. The summed E-state index contributed by atoms with van der Waals surface area (Å²) >= 11 is 0. The van der Waals surface area contributed by atoms with Crippen LogP contribution in [0, 0.1) is 5.41 Å². The number of hydrogen-bond acceptors (Lipinski definition) is 6. The van der Waals surface area contributed by atoms with E-state index in [4.69, 9.17) is 9.84 Å². The number of aliphatic carboxylic acids is 1. The maximum Gasteiger partial charge on any atom is 0.317 e. The smallest absolute Gasteiger partial charge is 0.317 e. The van der Waals surface area contributed by atoms with Crippen molar-refractivity contribution in [3.8, 4) is 17.1 Å². The van der Waals surface area contributed by atoms with Crippen LogP contribution in [0.15, 0.2) is 36.5 Å². The number of aromatic amines is 1. The third kappa shape index (κ3) is 3.93. The molecule has 1 unspecified atom stereocenters. The van der Waals surface area contributed by atoms with E-state index in [2.05, 4.69) is 15.2 Å². The highest BCUT2D eigenvalue weighted by atomic mass is 16.5. The molecule has 1 spiro atoms. The first-order valence-electron chi connectivity index (χ1n) is 11.2. The van der Waals surface area contributed by atoms with Crippen molar-refractivity contribution in [1.82, 2.24) is 20.1 Å². The van der Waals surface area contributed by atoms with Gasteiger partial charge in [-0.2, -0.15) is 5.10 Å². The van der Waals surface area contributed by atoms with E-state index in [1.54, 1.807) is 6.20 Å². The van der Waals surface area contributed by atoms with Crippen LogP contribution in [0.4, 0.5) is 5.69 Å². The molecule has 2 aliphatic heterocycles. The summed E-state index contributed by atoms with van der Waals surface area (Å²) in [5.41, 5.74) is 2.85. The Morgan fingerprint density at radius 3 is 2.79 bits per heavy atom. The third-order valence-electron chi connectivity index (χ3n) is 6.53. The largest absolute Gasteiger partial charge is 0.480 e. The molecular weight excluding hydrogens is 422 g/mol. The standard InChI is InChI=1S/C24H27N5O4/c1-15(2)33-20-6-3-16(12-25-20)22-18-11-17(4-5-19(18)26-27-22)29-10-8-24(23(29)32)7-9-28(14-24)13-21(30)31/h3-6,11-12,15H,7-10,13-14H2,1-2H3,(H,26,27)(H,30,31). The number of carbonyl (C=O) groups excluding carboxylic acids is 1. The number of rotatable bonds is 6. The number of fused-ring (bicyclic) bond motifs is 1. The fourth-order valence-electron chi connectivity index (χ4n) is 4.95. The number of nitrogens with one attached hydrogen (secondary N) is 1. The Morgan fingerprint density at radius 2 is 2.06 bits per heavy atom. The number of likely N-dealkylation sites (tertiary alicyclic amines) is 1. The molecular formula is C24H27N5O4. The molecule has 3 aromatic rings. The number of carboxylic acid groups (broad SMARTS) is 1. The van der Waals surface area contributed by atoms with Gasteiger partial charge in [0.25, 0.3) is 0 Å². The second-order valence-electron chi connectivity index (χ2n) is 9.20. The van der Waals surface area contributed by atoms with E-state index in [9.17, 15) is 9.59 Å². The van der Waals surface area contributed by atoms with Gasteiger partial charge in [-0.15, -0.1) is 0 Å². The van der Waals surface area contributed by atoms with Crippen molar-refractivity contribution in [1.29, 1.82) is 0 Å². The molecule has 9 heteroatoms. The van der Waals surface area contributed by atoms with E-state index in [-0.39, 0.29) is 18.6 Å².